The quantitative estimate of drug-likeness (QED) is 0.613. The minimum atomic E-state index is -0.513. The Labute approximate surface area is 178 Å². The monoisotopic (exact) mass is 415 g/mol. The van der Waals surface area contributed by atoms with E-state index in [0.717, 1.165) is 4.90 Å². The second-order valence-corrected chi connectivity index (χ2v) is 6.92. The Balaban J connectivity index is 1.74. The Kier molecular flexibility index (Phi) is 5.32. The van der Waals surface area contributed by atoms with E-state index >= 15 is 0 Å². The highest BCUT2D eigenvalue weighted by molar-refractivity contribution is 6.46. The van der Waals surface area contributed by atoms with Gasteiger partial charge >= 0.3 is 0 Å². The van der Waals surface area contributed by atoms with Crippen LogP contribution in [0.1, 0.15) is 12.5 Å². The van der Waals surface area contributed by atoms with Crippen molar-refractivity contribution in [2.75, 3.05) is 15.5 Å². The fraction of sp³-hybridized carbons (Fsp3) is 0.0417. The fourth-order valence-electron chi connectivity index (χ4n) is 3.33. The van der Waals surface area contributed by atoms with Gasteiger partial charge in [-0.3, -0.25) is 14.4 Å². The van der Waals surface area contributed by atoms with Crippen molar-refractivity contribution >= 4 is 40.4 Å². The molecule has 0 aliphatic carbocycles. The Morgan fingerprint density at radius 1 is 0.806 bits per heavy atom. The third-order valence-corrected chi connectivity index (χ3v) is 4.71. The van der Waals surface area contributed by atoms with Gasteiger partial charge in [0, 0.05) is 18.3 Å². The second-order valence-electron chi connectivity index (χ2n) is 6.92. The smallest absolute Gasteiger partial charge is 0.282 e. The lowest BCUT2D eigenvalue weighted by atomic mass is 10.0. The van der Waals surface area contributed by atoms with E-state index in [1.165, 1.54) is 31.2 Å². The summed E-state index contributed by atoms with van der Waals surface area (Å²) in [7, 11) is 0. The number of nitrogens with zero attached hydrogens (tertiary/aromatic N) is 1. The number of imide groups is 1. The van der Waals surface area contributed by atoms with Crippen molar-refractivity contribution in [3.63, 3.8) is 0 Å². The van der Waals surface area contributed by atoms with Crippen LogP contribution < -0.4 is 15.5 Å². The maximum atomic E-state index is 13.4. The van der Waals surface area contributed by atoms with Gasteiger partial charge < -0.3 is 10.6 Å². The molecule has 0 saturated heterocycles. The molecule has 4 rings (SSSR count). The summed E-state index contributed by atoms with van der Waals surface area (Å²) in [5.74, 6) is -1.65. The van der Waals surface area contributed by atoms with Gasteiger partial charge in [-0.05, 0) is 54.1 Å². The maximum absolute atomic E-state index is 13.4. The molecule has 0 bridgehead atoms. The van der Waals surface area contributed by atoms with Gasteiger partial charge in [0.15, 0.2) is 0 Å². The average molecular weight is 415 g/mol. The molecule has 1 aliphatic rings. The van der Waals surface area contributed by atoms with Crippen molar-refractivity contribution in [2.24, 2.45) is 0 Å². The molecule has 0 aromatic heterocycles. The number of halogens is 1. The Hall–Kier alpha value is -4.26. The van der Waals surface area contributed by atoms with Crippen LogP contribution in [0.4, 0.5) is 21.5 Å². The number of para-hydroxylation sites is 1. The zero-order valence-corrected chi connectivity index (χ0v) is 16.6. The molecule has 1 heterocycles. The summed E-state index contributed by atoms with van der Waals surface area (Å²) in [5.41, 5.74) is 2.27. The molecular weight excluding hydrogens is 397 g/mol. The van der Waals surface area contributed by atoms with E-state index in [0.29, 0.717) is 22.6 Å². The van der Waals surface area contributed by atoms with Crippen molar-refractivity contribution in [1.29, 1.82) is 0 Å². The van der Waals surface area contributed by atoms with Crippen molar-refractivity contribution in [2.45, 2.75) is 6.92 Å². The third kappa shape index (κ3) is 4.06. The number of carbonyl (C=O) groups is 3. The first kappa shape index (κ1) is 20.0. The average Bonchev–Trinajstić information content (AvgIpc) is 3.00. The van der Waals surface area contributed by atoms with Crippen LogP contribution in [0.2, 0.25) is 0 Å². The van der Waals surface area contributed by atoms with Gasteiger partial charge in [-0.1, -0.05) is 30.3 Å². The number of rotatable bonds is 5. The Bertz CT molecular complexity index is 1190. The summed E-state index contributed by atoms with van der Waals surface area (Å²) < 4.78 is 13.4. The second kappa shape index (κ2) is 8.23. The molecule has 3 aromatic carbocycles. The van der Waals surface area contributed by atoms with Crippen LogP contribution in [-0.4, -0.2) is 17.7 Å². The first-order valence-electron chi connectivity index (χ1n) is 9.53. The van der Waals surface area contributed by atoms with E-state index in [1.54, 1.807) is 54.6 Å². The standard InChI is InChI=1S/C24H18FN3O3/c1-15(29)26-18-11-13-19(14-12-18)27-22-21(16-7-9-17(25)10-8-16)23(30)28(24(22)31)20-5-3-2-4-6-20/h2-14,27H,1H3,(H,26,29). The van der Waals surface area contributed by atoms with Gasteiger partial charge in [-0.25, -0.2) is 9.29 Å². The van der Waals surface area contributed by atoms with Crippen molar-refractivity contribution in [3.05, 3.63) is 95.9 Å². The number of benzene rings is 3. The number of carbonyl (C=O) groups excluding carboxylic acids is 3. The molecule has 0 saturated carbocycles. The number of anilines is 3. The van der Waals surface area contributed by atoms with Gasteiger partial charge in [0.1, 0.15) is 11.5 Å². The van der Waals surface area contributed by atoms with Crippen LogP contribution in [-0.2, 0) is 14.4 Å². The summed E-state index contributed by atoms with van der Waals surface area (Å²) in [6.45, 7) is 1.41. The first-order chi connectivity index (χ1) is 14.9. The van der Waals surface area contributed by atoms with Crippen LogP contribution in [0.25, 0.3) is 5.57 Å². The number of hydrogen-bond acceptors (Lipinski definition) is 4. The largest absolute Gasteiger partial charge is 0.350 e. The molecule has 0 radical (unpaired) electrons. The highest BCUT2D eigenvalue weighted by Gasteiger charge is 2.40. The summed E-state index contributed by atoms with van der Waals surface area (Å²) in [6.07, 6.45) is 0. The van der Waals surface area contributed by atoms with E-state index in [1.807, 2.05) is 0 Å². The molecule has 0 atom stereocenters. The van der Waals surface area contributed by atoms with Gasteiger partial charge in [-0.2, -0.15) is 0 Å². The fourth-order valence-corrected chi connectivity index (χ4v) is 3.33. The number of amides is 3. The normalized spacial score (nSPS) is 13.5. The van der Waals surface area contributed by atoms with Crippen molar-refractivity contribution in [3.8, 4) is 0 Å². The molecule has 3 amide bonds. The summed E-state index contributed by atoms with van der Waals surface area (Å²) in [5, 5.41) is 5.69. The molecule has 0 spiro atoms. The molecule has 0 fully saturated rings. The highest BCUT2D eigenvalue weighted by Crippen LogP contribution is 2.33. The minimum Gasteiger partial charge on any atom is -0.350 e. The maximum Gasteiger partial charge on any atom is 0.282 e. The Morgan fingerprint density at radius 2 is 1.42 bits per heavy atom. The first-order valence-corrected chi connectivity index (χ1v) is 9.53. The van der Waals surface area contributed by atoms with Gasteiger partial charge in [0.25, 0.3) is 11.8 Å². The van der Waals surface area contributed by atoms with Crippen LogP contribution in [0, 0.1) is 5.82 Å². The molecule has 3 aromatic rings. The summed E-state index contributed by atoms with van der Waals surface area (Å²) in [6, 6.07) is 20.7. The van der Waals surface area contributed by atoms with E-state index < -0.39 is 17.6 Å². The molecule has 7 heteroatoms. The molecule has 6 nitrogen and oxygen atoms in total. The predicted molar refractivity (Wildman–Crippen MR) is 117 cm³/mol. The molecule has 31 heavy (non-hydrogen) atoms. The zero-order chi connectivity index (χ0) is 22.0. The van der Waals surface area contributed by atoms with Crippen molar-refractivity contribution in [1.82, 2.24) is 0 Å². The number of nitrogens with one attached hydrogen (secondary N) is 2. The van der Waals surface area contributed by atoms with E-state index in [-0.39, 0.29) is 17.2 Å². The van der Waals surface area contributed by atoms with Gasteiger partial charge in [-0.15, -0.1) is 0 Å². The van der Waals surface area contributed by atoms with Crippen LogP contribution in [0.15, 0.2) is 84.6 Å². The van der Waals surface area contributed by atoms with Gasteiger partial charge in [0.2, 0.25) is 5.91 Å². The van der Waals surface area contributed by atoms with E-state index in [2.05, 4.69) is 10.6 Å². The SMILES string of the molecule is CC(=O)Nc1ccc(NC2=C(c3ccc(F)cc3)C(=O)N(c3ccccc3)C2=O)cc1. The Morgan fingerprint density at radius 3 is 2.03 bits per heavy atom. The summed E-state index contributed by atoms with van der Waals surface area (Å²) in [4.78, 5) is 38.8. The lowest BCUT2D eigenvalue weighted by Crippen LogP contribution is -2.32. The minimum absolute atomic E-state index is 0.0905. The lowest BCUT2D eigenvalue weighted by Gasteiger charge is -2.15. The molecular formula is C24H18FN3O3. The highest BCUT2D eigenvalue weighted by atomic mass is 19.1. The zero-order valence-electron chi connectivity index (χ0n) is 16.6. The van der Waals surface area contributed by atoms with E-state index in [9.17, 15) is 18.8 Å². The molecule has 154 valence electrons. The lowest BCUT2D eigenvalue weighted by molar-refractivity contribution is -0.120. The van der Waals surface area contributed by atoms with E-state index in [4.69, 9.17) is 0 Å². The molecule has 1 aliphatic heterocycles. The number of hydrogen-bond donors (Lipinski definition) is 2. The molecule has 2 N–H and O–H groups in total. The van der Waals surface area contributed by atoms with Crippen LogP contribution in [0.5, 0.6) is 0 Å². The van der Waals surface area contributed by atoms with Crippen molar-refractivity contribution < 1.29 is 18.8 Å². The predicted octanol–water partition coefficient (Wildman–Crippen LogP) is 4.18. The molecule has 0 unspecified atom stereocenters. The van der Waals surface area contributed by atoms with Crippen LogP contribution in [0.3, 0.4) is 0 Å². The summed E-state index contributed by atoms with van der Waals surface area (Å²) >= 11 is 0. The topological polar surface area (TPSA) is 78.5 Å². The van der Waals surface area contributed by atoms with Crippen LogP contribution >= 0.6 is 0 Å². The van der Waals surface area contributed by atoms with Gasteiger partial charge in [0.05, 0.1) is 11.3 Å². The third-order valence-electron chi connectivity index (χ3n) is 4.71.